The van der Waals surface area contributed by atoms with Crippen LogP contribution in [-0.2, 0) is 16.1 Å². The molecule has 0 spiro atoms. The first-order chi connectivity index (χ1) is 18.1. The van der Waals surface area contributed by atoms with Crippen LogP contribution >= 0.6 is 0 Å². The number of hydrogen-bond acceptors (Lipinski definition) is 7. The maximum atomic E-state index is 13.5. The van der Waals surface area contributed by atoms with Crippen LogP contribution in [0.15, 0.2) is 42.7 Å². The average molecular weight is 565 g/mol. The van der Waals surface area contributed by atoms with E-state index in [1.165, 1.54) is 17.7 Å². The molecule has 1 fully saturated rings. The largest absolute Gasteiger partial charge is 0.490 e. The van der Waals surface area contributed by atoms with Gasteiger partial charge in [-0.3, -0.25) is 9.88 Å². The van der Waals surface area contributed by atoms with Crippen LogP contribution in [0.5, 0.6) is 0 Å². The van der Waals surface area contributed by atoms with Crippen molar-refractivity contribution in [1.82, 2.24) is 19.9 Å². The molecule has 1 aromatic carbocycles. The molecule has 1 aliphatic heterocycles. The fraction of sp³-hybridized carbons (Fsp3) is 0.348. The second-order valence-corrected chi connectivity index (χ2v) is 8.00. The highest BCUT2D eigenvalue weighted by Crippen LogP contribution is 2.22. The minimum Gasteiger partial charge on any atom is -0.475 e. The number of fused-ring (bicyclic) bond motifs is 1. The normalized spacial score (nSPS) is 14.1. The van der Waals surface area contributed by atoms with Gasteiger partial charge >= 0.3 is 24.3 Å². The van der Waals surface area contributed by atoms with Gasteiger partial charge < -0.3 is 15.1 Å². The van der Waals surface area contributed by atoms with Gasteiger partial charge in [-0.1, -0.05) is 0 Å². The molecular formula is C23H22F7N5O4. The van der Waals surface area contributed by atoms with Crippen molar-refractivity contribution < 1.29 is 50.5 Å². The van der Waals surface area contributed by atoms with E-state index in [-0.39, 0.29) is 5.82 Å². The smallest absolute Gasteiger partial charge is 0.475 e. The van der Waals surface area contributed by atoms with Crippen LogP contribution in [0.25, 0.3) is 10.9 Å². The Hall–Kier alpha value is -4.08. The number of nitrogens with zero attached hydrogens (tertiary/aromatic N) is 5. The van der Waals surface area contributed by atoms with Crippen molar-refractivity contribution in [3.05, 3.63) is 59.8 Å². The molecule has 9 nitrogen and oxygen atoms in total. The Balaban J connectivity index is 0.000000317. The molecule has 2 aromatic heterocycles. The Bertz CT molecular complexity index is 1240. The Morgan fingerprint density at radius 1 is 0.897 bits per heavy atom. The quantitative estimate of drug-likeness (QED) is 0.453. The lowest BCUT2D eigenvalue weighted by Crippen LogP contribution is -2.46. The summed E-state index contributed by atoms with van der Waals surface area (Å²) in [7, 11) is 0. The zero-order valence-corrected chi connectivity index (χ0v) is 20.2. The summed E-state index contributed by atoms with van der Waals surface area (Å²) in [4.78, 5) is 35.5. The summed E-state index contributed by atoms with van der Waals surface area (Å²) in [5.74, 6) is -4.96. The van der Waals surface area contributed by atoms with Gasteiger partial charge in [-0.15, -0.1) is 0 Å². The molecule has 0 atom stereocenters. The highest BCUT2D eigenvalue weighted by atomic mass is 19.4. The van der Waals surface area contributed by atoms with Gasteiger partial charge in [-0.05, 0) is 36.8 Å². The average Bonchev–Trinajstić information content (AvgIpc) is 2.84. The van der Waals surface area contributed by atoms with Crippen molar-refractivity contribution in [2.24, 2.45) is 0 Å². The summed E-state index contributed by atoms with van der Waals surface area (Å²) < 4.78 is 77.0. The van der Waals surface area contributed by atoms with Crippen molar-refractivity contribution in [3.63, 3.8) is 0 Å². The molecule has 1 saturated heterocycles. The Morgan fingerprint density at radius 2 is 1.41 bits per heavy atom. The van der Waals surface area contributed by atoms with Crippen molar-refractivity contribution in [3.8, 4) is 0 Å². The molecule has 16 heteroatoms. The number of carbonyl (C=O) groups is 2. The lowest BCUT2D eigenvalue weighted by molar-refractivity contribution is -0.193. The molecule has 0 unspecified atom stereocenters. The number of benzene rings is 1. The fourth-order valence-electron chi connectivity index (χ4n) is 3.35. The number of aryl methyl sites for hydroxylation is 1. The van der Waals surface area contributed by atoms with Gasteiger partial charge in [0, 0.05) is 62.3 Å². The second-order valence-electron chi connectivity index (χ2n) is 8.00. The number of hydrogen-bond donors (Lipinski definition) is 2. The number of carboxylic acid groups (broad SMARTS) is 2. The predicted molar refractivity (Wildman–Crippen MR) is 123 cm³/mol. The van der Waals surface area contributed by atoms with Crippen LogP contribution < -0.4 is 4.90 Å². The number of anilines is 1. The molecule has 3 aromatic rings. The minimum absolute atomic E-state index is 0.243. The monoisotopic (exact) mass is 565 g/mol. The van der Waals surface area contributed by atoms with Gasteiger partial charge in [0.25, 0.3) is 0 Å². The Kier molecular flexibility index (Phi) is 10.5. The van der Waals surface area contributed by atoms with E-state index in [0.29, 0.717) is 0 Å². The topological polar surface area (TPSA) is 120 Å². The minimum atomic E-state index is -5.08. The van der Waals surface area contributed by atoms with Crippen molar-refractivity contribution in [1.29, 1.82) is 0 Å². The van der Waals surface area contributed by atoms with Gasteiger partial charge in [0.05, 0.1) is 5.52 Å². The first kappa shape index (κ1) is 31.1. The van der Waals surface area contributed by atoms with Gasteiger partial charge in [0.2, 0.25) is 5.95 Å². The fourth-order valence-corrected chi connectivity index (χ4v) is 3.35. The summed E-state index contributed by atoms with van der Waals surface area (Å²) in [6.45, 7) is 6.50. The van der Waals surface area contributed by atoms with Crippen LogP contribution in [0.3, 0.4) is 0 Å². The number of aromatic nitrogens is 3. The van der Waals surface area contributed by atoms with Crippen LogP contribution in [0.4, 0.5) is 36.7 Å². The third-order valence-electron chi connectivity index (χ3n) is 5.07. The third-order valence-corrected chi connectivity index (χ3v) is 5.07. The highest BCUT2D eigenvalue weighted by Gasteiger charge is 2.38. The maximum absolute atomic E-state index is 13.5. The van der Waals surface area contributed by atoms with Gasteiger partial charge in [-0.25, -0.2) is 23.9 Å². The van der Waals surface area contributed by atoms with E-state index in [4.69, 9.17) is 19.8 Å². The molecule has 212 valence electrons. The first-order valence-corrected chi connectivity index (χ1v) is 11.0. The van der Waals surface area contributed by atoms with Crippen molar-refractivity contribution >= 4 is 28.8 Å². The van der Waals surface area contributed by atoms with E-state index >= 15 is 0 Å². The van der Waals surface area contributed by atoms with E-state index in [0.717, 1.165) is 55.3 Å². The van der Waals surface area contributed by atoms with Crippen LogP contribution in [0.2, 0.25) is 0 Å². The molecule has 0 radical (unpaired) electrons. The zero-order valence-electron chi connectivity index (χ0n) is 20.2. The molecule has 1 aliphatic rings. The molecule has 0 bridgehead atoms. The summed E-state index contributed by atoms with van der Waals surface area (Å²) >= 11 is 0. The van der Waals surface area contributed by atoms with E-state index in [1.807, 2.05) is 19.1 Å². The van der Waals surface area contributed by atoms with Gasteiger partial charge in [-0.2, -0.15) is 26.3 Å². The first-order valence-electron chi connectivity index (χ1n) is 11.0. The highest BCUT2D eigenvalue weighted by molar-refractivity contribution is 5.82. The Labute approximate surface area is 216 Å². The zero-order chi connectivity index (χ0) is 29.4. The van der Waals surface area contributed by atoms with Crippen LogP contribution in [0, 0.1) is 12.7 Å². The molecule has 4 rings (SSSR count). The molecule has 2 N–H and O–H groups in total. The molecule has 0 aliphatic carbocycles. The number of carboxylic acids is 2. The number of halogens is 7. The number of alkyl halides is 6. The molecule has 39 heavy (non-hydrogen) atoms. The second kappa shape index (κ2) is 13.1. The van der Waals surface area contributed by atoms with E-state index < -0.39 is 24.3 Å². The number of pyridine rings is 1. The molecule has 0 amide bonds. The van der Waals surface area contributed by atoms with Gasteiger partial charge in [0.1, 0.15) is 5.82 Å². The SMILES string of the molecule is Cc1cc(CN2CCN(c3ncccn3)CC2)c2ccc(F)cc2n1.O=C(O)C(F)(F)F.O=C(O)C(F)(F)F. The lowest BCUT2D eigenvalue weighted by Gasteiger charge is -2.34. The summed E-state index contributed by atoms with van der Waals surface area (Å²) in [6.07, 6.45) is -6.61. The summed E-state index contributed by atoms with van der Waals surface area (Å²) in [5.41, 5.74) is 2.85. The standard InChI is InChI=1S/C19H20FN5.2C2HF3O2/c1-14-11-15(17-4-3-16(20)12-18(17)23-14)13-24-7-9-25(10-8-24)19-21-5-2-6-22-19;2*3-2(4,5)1(6)7/h2-6,11-12H,7-10,13H2,1H3;2*(H,6,7). The van der Waals surface area contributed by atoms with Gasteiger partial charge in [0.15, 0.2) is 0 Å². The summed E-state index contributed by atoms with van der Waals surface area (Å²) in [5, 5.41) is 15.3. The number of piperazine rings is 1. The van der Waals surface area contributed by atoms with Crippen molar-refractivity contribution in [2.75, 3.05) is 31.1 Å². The van der Waals surface area contributed by atoms with E-state index in [1.54, 1.807) is 12.4 Å². The van der Waals surface area contributed by atoms with Crippen LogP contribution in [-0.4, -0.2) is 80.5 Å². The lowest BCUT2D eigenvalue weighted by atomic mass is 10.1. The Morgan fingerprint density at radius 3 is 1.90 bits per heavy atom. The molecule has 0 saturated carbocycles. The molecule has 3 heterocycles. The molecular weight excluding hydrogens is 543 g/mol. The van der Waals surface area contributed by atoms with E-state index in [2.05, 4.69) is 30.8 Å². The number of rotatable bonds is 3. The maximum Gasteiger partial charge on any atom is 0.490 e. The van der Waals surface area contributed by atoms with E-state index in [9.17, 15) is 30.7 Å². The van der Waals surface area contributed by atoms with Crippen molar-refractivity contribution in [2.45, 2.75) is 25.8 Å². The van der Waals surface area contributed by atoms with Crippen LogP contribution in [0.1, 0.15) is 11.3 Å². The predicted octanol–water partition coefficient (Wildman–Crippen LogP) is 4.06. The third kappa shape index (κ3) is 9.96. The number of aliphatic carboxylic acids is 2. The summed E-state index contributed by atoms with van der Waals surface area (Å²) in [6, 6.07) is 8.79.